The summed E-state index contributed by atoms with van der Waals surface area (Å²) in [4.78, 5) is 0. The van der Waals surface area contributed by atoms with Gasteiger partial charge in [0.25, 0.3) is 0 Å². The van der Waals surface area contributed by atoms with E-state index < -0.39 is 0 Å². The van der Waals surface area contributed by atoms with E-state index in [1.54, 1.807) is 0 Å². The van der Waals surface area contributed by atoms with E-state index in [0.29, 0.717) is 0 Å². The highest BCUT2D eigenvalue weighted by atomic mass is 14.9. The molecule has 96 valence electrons. The molecule has 1 saturated carbocycles. The summed E-state index contributed by atoms with van der Waals surface area (Å²) in [5, 5.41) is 12.3. The molecule has 0 aromatic heterocycles. The van der Waals surface area contributed by atoms with Crippen LogP contribution in [0.15, 0.2) is 24.3 Å². The van der Waals surface area contributed by atoms with Gasteiger partial charge in [-0.05, 0) is 48.9 Å². The Morgan fingerprint density at radius 1 is 1.28 bits per heavy atom. The van der Waals surface area contributed by atoms with Gasteiger partial charge < -0.3 is 5.32 Å². The quantitative estimate of drug-likeness (QED) is 0.877. The second-order valence-corrected chi connectivity index (χ2v) is 5.58. The first-order valence-corrected chi connectivity index (χ1v) is 6.97. The van der Waals surface area contributed by atoms with E-state index in [-0.39, 0.29) is 0 Å². The third-order valence-corrected chi connectivity index (χ3v) is 3.89. The molecule has 1 aromatic rings. The molecule has 2 rings (SSSR count). The first kappa shape index (κ1) is 13.1. The van der Waals surface area contributed by atoms with Gasteiger partial charge in [0.15, 0.2) is 0 Å². The monoisotopic (exact) mass is 242 g/mol. The lowest BCUT2D eigenvalue weighted by atomic mass is 9.82. The van der Waals surface area contributed by atoms with Crippen LogP contribution < -0.4 is 5.32 Å². The predicted molar refractivity (Wildman–Crippen MR) is 74.0 cm³/mol. The van der Waals surface area contributed by atoms with Crippen molar-refractivity contribution in [2.75, 3.05) is 6.54 Å². The zero-order valence-electron chi connectivity index (χ0n) is 11.2. The highest BCUT2D eigenvalue weighted by Crippen LogP contribution is 2.27. The summed E-state index contributed by atoms with van der Waals surface area (Å²) in [5.41, 5.74) is 2.00. The van der Waals surface area contributed by atoms with Crippen LogP contribution in [0.5, 0.6) is 0 Å². The Bertz CT molecular complexity index is 402. The van der Waals surface area contributed by atoms with Crippen molar-refractivity contribution >= 4 is 0 Å². The molecule has 0 saturated heterocycles. The Balaban J connectivity index is 1.72. The molecule has 0 amide bonds. The average molecular weight is 242 g/mol. The summed E-state index contributed by atoms with van der Waals surface area (Å²) in [7, 11) is 0. The molecule has 1 aliphatic carbocycles. The summed E-state index contributed by atoms with van der Waals surface area (Å²) in [6.07, 6.45) is 5.56. The molecule has 0 aliphatic heterocycles. The highest BCUT2D eigenvalue weighted by molar-refractivity contribution is 5.31. The molecular formula is C16H22N2. The van der Waals surface area contributed by atoms with Gasteiger partial charge in [0.2, 0.25) is 0 Å². The lowest BCUT2D eigenvalue weighted by molar-refractivity contribution is 0.274. The predicted octanol–water partition coefficient (Wildman–Crippen LogP) is 3.47. The van der Waals surface area contributed by atoms with Crippen LogP contribution in [0, 0.1) is 23.2 Å². The fourth-order valence-electron chi connectivity index (χ4n) is 2.86. The van der Waals surface area contributed by atoms with Crippen LogP contribution in [0.2, 0.25) is 0 Å². The maximum atomic E-state index is 8.73. The van der Waals surface area contributed by atoms with E-state index in [0.717, 1.165) is 30.5 Å². The molecule has 2 atom stereocenters. The van der Waals surface area contributed by atoms with Gasteiger partial charge in [-0.2, -0.15) is 5.26 Å². The Morgan fingerprint density at radius 2 is 2.06 bits per heavy atom. The van der Waals surface area contributed by atoms with Gasteiger partial charge in [-0.1, -0.05) is 31.9 Å². The second-order valence-electron chi connectivity index (χ2n) is 5.58. The SMILES string of the molecule is CC1CCCC(CNCc2ccc(C#N)cc2)C1. The van der Waals surface area contributed by atoms with Gasteiger partial charge in [0, 0.05) is 6.54 Å². The van der Waals surface area contributed by atoms with Gasteiger partial charge in [-0.3, -0.25) is 0 Å². The zero-order valence-corrected chi connectivity index (χ0v) is 11.2. The van der Waals surface area contributed by atoms with Gasteiger partial charge >= 0.3 is 0 Å². The van der Waals surface area contributed by atoms with Crippen LogP contribution in [-0.4, -0.2) is 6.54 Å². The third-order valence-electron chi connectivity index (χ3n) is 3.89. The molecular weight excluding hydrogens is 220 g/mol. The lowest BCUT2D eigenvalue weighted by Gasteiger charge is -2.26. The van der Waals surface area contributed by atoms with E-state index in [1.807, 2.05) is 24.3 Å². The molecule has 1 aliphatic rings. The molecule has 0 spiro atoms. The fraction of sp³-hybridized carbons (Fsp3) is 0.562. The first-order valence-electron chi connectivity index (χ1n) is 6.97. The summed E-state index contributed by atoms with van der Waals surface area (Å²) in [6.45, 7) is 4.41. The molecule has 2 unspecified atom stereocenters. The average Bonchev–Trinajstić information content (AvgIpc) is 2.40. The maximum Gasteiger partial charge on any atom is 0.0991 e. The van der Waals surface area contributed by atoms with Crippen molar-refractivity contribution in [2.45, 2.75) is 39.2 Å². The Kier molecular flexibility index (Phi) is 4.78. The van der Waals surface area contributed by atoms with E-state index in [9.17, 15) is 0 Å². The number of nitriles is 1. The summed E-state index contributed by atoms with van der Waals surface area (Å²) in [6, 6.07) is 10.00. The molecule has 1 N–H and O–H groups in total. The molecule has 0 heterocycles. The maximum absolute atomic E-state index is 8.73. The van der Waals surface area contributed by atoms with Crippen molar-refractivity contribution in [1.82, 2.24) is 5.32 Å². The van der Waals surface area contributed by atoms with Gasteiger partial charge in [-0.15, -0.1) is 0 Å². The molecule has 0 radical (unpaired) electrons. The van der Waals surface area contributed by atoms with E-state index >= 15 is 0 Å². The number of hydrogen-bond acceptors (Lipinski definition) is 2. The normalized spacial score (nSPS) is 23.6. The van der Waals surface area contributed by atoms with Crippen LogP contribution in [0.25, 0.3) is 0 Å². The molecule has 1 fully saturated rings. The van der Waals surface area contributed by atoms with Crippen molar-refractivity contribution in [3.8, 4) is 6.07 Å². The van der Waals surface area contributed by atoms with Crippen molar-refractivity contribution in [3.63, 3.8) is 0 Å². The van der Waals surface area contributed by atoms with E-state index in [4.69, 9.17) is 5.26 Å². The number of nitrogens with one attached hydrogen (secondary N) is 1. The van der Waals surface area contributed by atoms with Crippen molar-refractivity contribution < 1.29 is 0 Å². The van der Waals surface area contributed by atoms with Crippen molar-refractivity contribution in [3.05, 3.63) is 35.4 Å². The van der Waals surface area contributed by atoms with E-state index in [2.05, 4.69) is 18.3 Å². The first-order chi connectivity index (χ1) is 8.78. The van der Waals surface area contributed by atoms with Crippen molar-refractivity contribution in [1.29, 1.82) is 5.26 Å². The Labute approximate surface area is 110 Å². The lowest BCUT2D eigenvalue weighted by Crippen LogP contribution is -2.26. The highest BCUT2D eigenvalue weighted by Gasteiger charge is 2.18. The summed E-state index contributed by atoms with van der Waals surface area (Å²) in [5.74, 6) is 1.76. The van der Waals surface area contributed by atoms with Crippen LogP contribution in [0.4, 0.5) is 0 Å². The van der Waals surface area contributed by atoms with Gasteiger partial charge in [0.1, 0.15) is 0 Å². The summed E-state index contributed by atoms with van der Waals surface area (Å²) >= 11 is 0. The number of rotatable bonds is 4. The van der Waals surface area contributed by atoms with Gasteiger partial charge in [0.05, 0.1) is 11.6 Å². The molecule has 0 bridgehead atoms. The van der Waals surface area contributed by atoms with Crippen LogP contribution in [0.1, 0.15) is 43.7 Å². The number of benzene rings is 1. The van der Waals surface area contributed by atoms with Crippen LogP contribution in [-0.2, 0) is 6.54 Å². The number of nitrogens with zero attached hydrogens (tertiary/aromatic N) is 1. The number of hydrogen-bond donors (Lipinski definition) is 1. The Morgan fingerprint density at radius 3 is 2.72 bits per heavy atom. The minimum Gasteiger partial charge on any atom is -0.312 e. The van der Waals surface area contributed by atoms with Crippen LogP contribution >= 0.6 is 0 Å². The smallest absolute Gasteiger partial charge is 0.0991 e. The Hall–Kier alpha value is -1.33. The van der Waals surface area contributed by atoms with E-state index in [1.165, 1.54) is 31.2 Å². The zero-order chi connectivity index (χ0) is 12.8. The largest absolute Gasteiger partial charge is 0.312 e. The topological polar surface area (TPSA) is 35.8 Å². The minimum absolute atomic E-state index is 0.736. The van der Waals surface area contributed by atoms with Crippen LogP contribution in [0.3, 0.4) is 0 Å². The summed E-state index contributed by atoms with van der Waals surface area (Å²) < 4.78 is 0. The third kappa shape index (κ3) is 3.85. The molecule has 2 nitrogen and oxygen atoms in total. The second kappa shape index (κ2) is 6.56. The minimum atomic E-state index is 0.736. The fourth-order valence-corrected chi connectivity index (χ4v) is 2.86. The molecule has 18 heavy (non-hydrogen) atoms. The standard InChI is InChI=1S/C16H22N2/c1-13-3-2-4-16(9-13)12-18-11-15-7-5-14(10-17)6-8-15/h5-8,13,16,18H,2-4,9,11-12H2,1H3. The van der Waals surface area contributed by atoms with Crippen molar-refractivity contribution in [2.24, 2.45) is 11.8 Å². The van der Waals surface area contributed by atoms with Gasteiger partial charge in [-0.25, -0.2) is 0 Å². The molecule has 1 aromatic carbocycles. The molecule has 2 heteroatoms.